The molecule has 7 heteroatoms. The molecule has 0 amide bonds. The second-order valence-electron chi connectivity index (χ2n) is 5.04. The molecule has 3 aromatic rings. The summed E-state index contributed by atoms with van der Waals surface area (Å²) in [6.07, 6.45) is 0.654. The topological polar surface area (TPSA) is 89.9 Å². The van der Waals surface area contributed by atoms with Crippen molar-refractivity contribution in [2.24, 2.45) is 0 Å². The molecule has 0 aliphatic carbocycles. The number of nitrogens with one attached hydrogen (secondary N) is 1. The highest BCUT2D eigenvalue weighted by Gasteiger charge is 2.15. The lowest BCUT2D eigenvalue weighted by molar-refractivity contribution is 0.332. The predicted octanol–water partition coefficient (Wildman–Crippen LogP) is 2.20. The first-order valence-electron chi connectivity index (χ1n) is 7.09. The molecule has 0 saturated heterocycles. The lowest BCUT2D eigenvalue weighted by atomic mass is 10.1. The molecule has 0 spiro atoms. The molecule has 2 heterocycles. The van der Waals surface area contributed by atoms with Crippen molar-refractivity contribution in [1.29, 1.82) is 0 Å². The summed E-state index contributed by atoms with van der Waals surface area (Å²) in [5, 5.41) is 11.1. The Kier molecular flexibility index (Phi) is 4.24. The molecule has 0 unspecified atom stereocenters. The van der Waals surface area contributed by atoms with Crippen LogP contribution in [0.25, 0.3) is 0 Å². The fraction of sp³-hybridized carbons (Fsp3) is 0.333. The van der Waals surface area contributed by atoms with Crippen LogP contribution >= 0.6 is 0 Å². The summed E-state index contributed by atoms with van der Waals surface area (Å²) in [6, 6.07) is 9.96. The number of aromatic nitrogens is 4. The fourth-order valence-corrected chi connectivity index (χ4v) is 2.04. The van der Waals surface area contributed by atoms with Gasteiger partial charge in [-0.05, 0) is 12.5 Å². The molecule has 1 aromatic carbocycles. The lowest BCUT2D eigenvalue weighted by Gasteiger charge is -2.06. The van der Waals surface area contributed by atoms with Crippen LogP contribution in [0.4, 0.5) is 0 Å². The smallest absolute Gasteiger partial charge is 0.243 e. The summed E-state index contributed by atoms with van der Waals surface area (Å²) in [5.41, 5.74) is 1.15. The molecule has 0 saturated carbocycles. The Morgan fingerprint density at radius 1 is 1.05 bits per heavy atom. The normalized spacial score (nSPS) is 12.5. The van der Waals surface area contributed by atoms with Crippen molar-refractivity contribution in [2.45, 2.75) is 32.9 Å². The van der Waals surface area contributed by atoms with Crippen LogP contribution in [-0.2, 0) is 13.0 Å². The second kappa shape index (κ2) is 6.48. The summed E-state index contributed by atoms with van der Waals surface area (Å²) >= 11 is 0. The van der Waals surface area contributed by atoms with Crippen molar-refractivity contribution >= 4 is 0 Å². The number of hydrogen-bond acceptors (Lipinski definition) is 7. The highest BCUT2D eigenvalue weighted by molar-refractivity contribution is 5.18. The number of benzene rings is 1. The Labute approximate surface area is 127 Å². The van der Waals surface area contributed by atoms with Crippen molar-refractivity contribution in [3.05, 3.63) is 59.3 Å². The first kappa shape index (κ1) is 14.4. The van der Waals surface area contributed by atoms with E-state index in [1.807, 2.05) is 37.3 Å². The van der Waals surface area contributed by atoms with Crippen molar-refractivity contribution < 1.29 is 9.05 Å². The maximum Gasteiger partial charge on any atom is 0.243 e. The zero-order chi connectivity index (χ0) is 15.4. The van der Waals surface area contributed by atoms with Crippen LogP contribution in [0.2, 0.25) is 0 Å². The minimum atomic E-state index is -0.0872. The molecule has 1 N–H and O–H groups in total. The first-order chi connectivity index (χ1) is 10.7. The van der Waals surface area contributed by atoms with Crippen LogP contribution < -0.4 is 5.32 Å². The largest absolute Gasteiger partial charge is 0.340 e. The molecule has 0 aliphatic rings. The highest BCUT2D eigenvalue weighted by Crippen LogP contribution is 2.12. The fourth-order valence-electron chi connectivity index (χ4n) is 2.04. The van der Waals surface area contributed by atoms with E-state index in [1.54, 1.807) is 6.92 Å². The zero-order valence-electron chi connectivity index (χ0n) is 12.5. The van der Waals surface area contributed by atoms with Gasteiger partial charge in [0.25, 0.3) is 0 Å². The molecular formula is C15H17N5O2. The molecule has 2 aromatic heterocycles. The van der Waals surface area contributed by atoms with Gasteiger partial charge in [0.1, 0.15) is 0 Å². The maximum atomic E-state index is 5.30. The van der Waals surface area contributed by atoms with Gasteiger partial charge in [0, 0.05) is 13.3 Å². The van der Waals surface area contributed by atoms with Crippen molar-refractivity contribution in [3.63, 3.8) is 0 Å². The van der Waals surface area contributed by atoms with Gasteiger partial charge >= 0.3 is 0 Å². The minimum absolute atomic E-state index is 0.0872. The monoisotopic (exact) mass is 299 g/mol. The second-order valence-corrected chi connectivity index (χ2v) is 5.04. The first-order valence-corrected chi connectivity index (χ1v) is 7.09. The third kappa shape index (κ3) is 3.56. The van der Waals surface area contributed by atoms with Crippen molar-refractivity contribution in [3.8, 4) is 0 Å². The number of aryl methyl sites for hydroxylation is 1. The van der Waals surface area contributed by atoms with Crippen molar-refractivity contribution in [2.75, 3.05) is 0 Å². The molecule has 22 heavy (non-hydrogen) atoms. The van der Waals surface area contributed by atoms with Crippen molar-refractivity contribution in [1.82, 2.24) is 25.6 Å². The van der Waals surface area contributed by atoms with Gasteiger partial charge in [-0.25, -0.2) is 0 Å². The van der Waals surface area contributed by atoms with E-state index in [9.17, 15) is 0 Å². The van der Waals surface area contributed by atoms with Gasteiger partial charge in [0.05, 0.1) is 12.6 Å². The third-order valence-electron chi connectivity index (χ3n) is 3.20. The molecule has 0 radical (unpaired) electrons. The zero-order valence-corrected chi connectivity index (χ0v) is 12.5. The predicted molar refractivity (Wildman–Crippen MR) is 77.8 cm³/mol. The van der Waals surface area contributed by atoms with Gasteiger partial charge in [-0.15, -0.1) is 0 Å². The SMILES string of the molecule is Cc1nc(CN[C@@H](C)c2nc(Cc3ccccc3)no2)no1. The van der Waals surface area contributed by atoms with Crippen LogP contribution in [0.5, 0.6) is 0 Å². The molecule has 0 bridgehead atoms. The van der Waals surface area contributed by atoms with Gasteiger partial charge in [0.2, 0.25) is 11.8 Å². The van der Waals surface area contributed by atoms with E-state index < -0.39 is 0 Å². The lowest BCUT2D eigenvalue weighted by Crippen LogP contribution is -2.19. The summed E-state index contributed by atoms with van der Waals surface area (Å²) in [7, 11) is 0. The van der Waals surface area contributed by atoms with Gasteiger partial charge in [0.15, 0.2) is 11.6 Å². The van der Waals surface area contributed by atoms with Crippen LogP contribution in [0.3, 0.4) is 0 Å². The van der Waals surface area contributed by atoms with E-state index in [4.69, 9.17) is 9.05 Å². The Bertz CT molecular complexity index is 722. The van der Waals surface area contributed by atoms with Crippen LogP contribution in [-0.4, -0.2) is 20.3 Å². The van der Waals surface area contributed by atoms with E-state index in [1.165, 1.54) is 0 Å². The highest BCUT2D eigenvalue weighted by atomic mass is 16.5. The number of rotatable bonds is 6. The Morgan fingerprint density at radius 2 is 1.82 bits per heavy atom. The number of nitrogens with zero attached hydrogens (tertiary/aromatic N) is 4. The molecule has 7 nitrogen and oxygen atoms in total. The van der Waals surface area contributed by atoms with E-state index in [-0.39, 0.29) is 6.04 Å². The quantitative estimate of drug-likeness (QED) is 0.746. The van der Waals surface area contributed by atoms with Crippen LogP contribution in [0, 0.1) is 6.92 Å². The summed E-state index contributed by atoms with van der Waals surface area (Å²) in [6.45, 7) is 4.19. The Balaban J connectivity index is 1.58. The average Bonchev–Trinajstić information content (AvgIpc) is 3.15. The van der Waals surface area contributed by atoms with E-state index in [0.29, 0.717) is 36.4 Å². The summed E-state index contributed by atoms with van der Waals surface area (Å²) < 4.78 is 10.2. The molecule has 3 rings (SSSR count). The third-order valence-corrected chi connectivity index (χ3v) is 3.20. The number of hydrogen-bond donors (Lipinski definition) is 1. The molecule has 0 fully saturated rings. The van der Waals surface area contributed by atoms with Crippen LogP contribution in [0.1, 0.15) is 42.0 Å². The van der Waals surface area contributed by atoms with Gasteiger partial charge in [-0.1, -0.05) is 40.6 Å². The van der Waals surface area contributed by atoms with E-state index in [2.05, 4.69) is 25.6 Å². The maximum absolute atomic E-state index is 5.30. The molecule has 0 aliphatic heterocycles. The molecule has 1 atom stereocenters. The standard InChI is InChI=1S/C15H17N5O2/c1-10(16-9-14-17-11(2)21-20-14)15-18-13(19-22-15)8-12-6-4-3-5-7-12/h3-7,10,16H,8-9H2,1-2H3/t10-/m0/s1. The Hall–Kier alpha value is -2.54. The summed E-state index contributed by atoms with van der Waals surface area (Å²) in [5.74, 6) is 2.37. The van der Waals surface area contributed by atoms with Gasteiger partial charge < -0.3 is 9.05 Å². The molecular weight excluding hydrogens is 282 g/mol. The van der Waals surface area contributed by atoms with Gasteiger partial charge in [-0.3, -0.25) is 5.32 Å². The average molecular weight is 299 g/mol. The molecule has 114 valence electrons. The van der Waals surface area contributed by atoms with E-state index >= 15 is 0 Å². The van der Waals surface area contributed by atoms with Gasteiger partial charge in [-0.2, -0.15) is 9.97 Å². The summed E-state index contributed by atoms with van der Waals surface area (Å²) in [4.78, 5) is 8.55. The minimum Gasteiger partial charge on any atom is -0.340 e. The van der Waals surface area contributed by atoms with Crippen LogP contribution in [0.15, 0.2) is 39.4 Å². The Morgan fingerprint density at radius 3 is 2.55 bits per heavy atom. The van der Waals surface area contributed by atoms with E-state index in [0.717, 1.165) is 5.56 Å².